The SMILES string of the molecule is COc1c(O)c(O)cc2c1C=C[C@@H]1[C@H](O)C[C@@H](CCc3ccc(O)c(CCC(C)C)c3)O[C@H]21. The molecule has 0 radical (unpaired) electrons. The molecule has 1 aliphatic heterocycles. The third-order valence-electron chi connectivity index (χ3n) is 6.83. The topological polar surface area (TPSA) is 99.4 Å². The van der Waals surface area contributed by atoms with Crippen LogP contribution in [0, 0.1) is 11.8 Å². The predicted molar refractivity (Wildman–Crippen MR) is 127 cm³/mol. The van der Waals surface area contributed by atoms with Gasteiger partial charge in [0.1, 0.15) is 5.75 Å². The number of aromatic hydroxyl groups is 3. The number of aliphatic hydroxyl groups is 1. The maximum Gasteiger partial charge on any atom is 0.201 e. The van der Waals surface area contributed by atoms with E-state index in [4.69, 9.17) is 9.47 Å². The second-order valence-corrected chi connectivity index (χ2v) is 9.63. The Bertz CT molecular complexity index is 1030. The molecule has 0 bridgehead atoms. The summed E-state index contributed by atoms with van der Waals surface area (Å²) in [5.74, 6) is 0.335. The Morgan fingerprint density at radius 3 is 2.61 bits per heavy atom. The van der Waals surface area contributed by atoms with E-state index in [9.17, 15) is 20.4 Å². The quantitative estimate of drug-likeness (QED) is 0.446. The van der Waals surface area contributed by atoms with Gasteiger partial charge in [0.2, 0.25) is 5.75 Å². The van der Waals surface area contributed by atoms with Crippen LogP contribution in [0.2, 0.25) is 0 Å². The number of benzene rings is 2. The normalized spacial score (nSPS) is 23.9. The Morgan fingerprint density at radius 2 is 1.88 bits per heavy atom. The molecule has 2 aromatic carbocycles. The third kappa shape index (κ3) is 4.82. The molecule has 6 heteroatoms. The highest BCUT2D eigenvalue weighted by molar-refractivity contribution is 5.71. The van der Waals surface area contributed by atoms with E-state index >= 15 is 0 Å². The summed E-state index contributed by atoms with van der Waals surface area (Å²) in [7, 11) is 1.45. The van der Waals surface area contributed by atoms with Crippen molar-refractivity contribution >= 4 is 6.08 Å². The van der Waals surface area contributed by atoms with E-state index in [1.54, 1.807) is 6.07 Å². The minimum absolute atomic E-state index is 0.157. The van der Waals surface area contributed by atoms with Crippen molar-refractivity contribution in [1.29, 1.82) is 0 Å². The molecule has 0 aromatic heterocycles. The van der Waals surface area contributed by atoms with Crippen molar-refractivity contribution in [2.75, 3.05) is 7.11 Å². The molecule has 4 rings (SSSR count). The minimum Gasteiger partial charge on any atom is -0.508 e. The highest BCUT2D eigenvalue weighted by atomic mass is 16.5. The first-order valence-corrected chi connectivity index (χ1v) is 11.7. The summed E-state index contributed by atoms with van der Waals surface area (Å²) >= 11 is 0. The number of ether oxygens (including phenoxy) is 2. The molecule has 0 unspecified atom stereocenters. The maximum absolute atomic E-state index is 10.8. The fourth-order valence-electron chi connectivity index (χ4n) is 4.93. The van der Waals surface area contributed by atoms with E-state index in [0.717, 1.165) is 36.8 Å². The van der Waals surface area contributed by atoms with Gasteiger partial charge in [-0.2, -0.15) is 0 Å². The summed E-state index contributed by atoms with van der Waals surface area (Å²) in [6, 6.07) is 7.29. The molecule has 178 valence electrons. The van der Waals surface area contributed by atoms with Gasteiger partial charge in [-0.25, -0.2) is 0 Å². The van der Waals surface area contributed by atoms with Gasteiger partial charge in [-0.1, -0.05) is 38.1 Å². The van der Waals surface area contributed by atoms with Crippen LogP contribution < -0.4 is 4.74 Å². The number of aliphatic hydroxyl groups excluding tert-OH is 1. The summed E-state index contributed by atoms with van der Waals surface area (Å²) < 4.78 is 11.7. The molecule has 2 aliphatic rings. The third-order valence-corrected chi connectivity index (χ3v) is 6.83. The highest BCUT2D eigenvalue weighted by Gasteiger charge is 2.41. The van der Waals surface area contributed by atoms with Gasteiger partial charge < -0.3 is 29.9 Å². The Hall–Kier alpha value is -2.70. The number of hydrogen-bond acceptors (Lipinski definition) is 6. The highest BCUT2D eigenvalue weighted by Crippen LogP contribution is 2.50. The molecule has 33 heavy (non-hydrogen) atoms. The number of aryl methyl sites for hydroxylation is 2. The van der Waals surface area contributed by atoms with E-state index in [-0.39, 0.29) is 29.3 Å². The van der Waals surface area contributed by atoms with E-state index in [0.29, 0.717) is 29.2 Å². The molecular formula is C27H34O6. The first kappa shape index (κ1) is 23.5. The van der Waals surface area contributed by atoms with Crippen LogP contribution in [0.3, 0.4) is 0 Å². The molecule has 6 nitrogen and oxygen atoms in total. The molecule has 0 spiro atoms. The monoisotopic (exact) mass is 454 g/mol. The summed E-state index contributed by atoms with van der Waals surface area (Å²) in [6.45, 7) is 4.35. The molecule has 0 saturated carbocycles. The van der Waals surface area contributed by atoms with Crippen molar-refractivity contribution < 1.29 is 29.9 Å². The fourth-order valence-corrected chi connectivity index (χ4v) is 4.93. The van der Waals surface area contributed by atoms with Gasteiger partial charge in [0.05, 0.1) is 25.4 Å². The number of phenols is 3. The Kier molecular flexibility index (Phi) is 6.86. The number of hydrogen-bond donors (Lipinski definition) is 4. The van der Waals surface area contributed by atoms with Crippen LogP contribution in [0.15, 0.2) is 30.3 Å². The Balaban J connectivity index is 1.50. The maximum atomic E-state index is 10.8. The largest absolute Gasteiger partial charge is 0.508 e. The number of methoxy groups -OCH3 is 1. The van der Waals surface area contributed by atoms with Crippen LogP contribution in [0.4, 0.5) is 0 Å². The first-order valence-electron chi connectivity index (χ1n) is 11.7. The van der Waals surface area contributed by atoms with Gasteiger partial charge in [0.25, 0.3) is 0 Å². The molecule has 2 aromatic rings. The molecule has 1 fully saturated rings. The second-order valence-electron chi connectivity index (χ2n) is 9.63. The summed E-state index contributed by atoms with van der Waals surface area (Å²) in [5.41, 5.74) is 3.48. The zero-order chi connectivity index (χ0) is 23.7. The summed E-state index contributed by atoms with van der Waals surface area (Å²) in [4.78, 5) is 0. The lowest BCUT2D eigenvalue weighted by atomic mass is 9.78. The average Bonchev–Trinajstić information content (AvgIpc) is 2.78. The van der Waals surface area contributed by atoms with E-state index < -0.39 is 12.2 Å². The van der Waals surface area contributed by atoms with Gasteiger partial charge in [0.15, 0.2) is 11.5 Å². The standard InChI is InChI=1S/C27H34O6/c1-15(2)4-7-17-12-16(6-11-22(17)28)5-8-18-13-23(29)20-10-9-19-21(26(20)33-18)14-24(30)25(31)27(19)32-3/h6,9-12,14-15,18,20,23,26,28-31H,4-5,7-8,13H2,1-3H3/t18-,20-,23-,26+/m1/s1. The number of fused-ring (bicyclic) bond motifs is 3. The fraction of sp³-hybridized carbons (Fsp3) is 0.481. The van der Waals surface area contributed by atoms with Crippen LogP contribution in [-0.4, -0.2) is 39.7 Å². The molecule has 1 saturated heterocycles. The van der Waals surface area contributed by atoms with Crippen LogP contribution in [0.5, 0.6) is 23.0 Å². The van der Waals surface area contributed by atoms with Crippen molar-refractivity contribution in [2.24, 2.45) is 11.8 Å². The second kappa shape index (κ2) is 9.65. The van der Waals surface area contributed by atoms with Crippen LogP contribution in [0.1, 0.15) is 61.5 Å². The van der Waals surface area contributed by atoms with E-state index in [1.165, 1.54) is 13.2 Å². The first-order chi connectivity index (χ1) is 15.8. The Morgan fingerprint density at radius 1 is 1.09 bits per heavy atom. The van der Waals surface area contributed by atoms with Gasteiger partial charge in [0, 0.05) is 17.9 Å². The zero-order valence-electron chi connectivity index (χ0n) is 19.5. The van der Waals surface area contributed by atoms with Gasteiger partial charge >= 0.3 is 0 Å². The summed E-state index contributed by atoms with van der Waals surface area (Å²) in [6.07, 6.45) is 6.46. The smallest absolute Gasteiger partial charge is 0.201 e. The minimum atomic E-state index is -0.568. The molecule has 4 N–H and O–H groups in total. The molecule has 1 aliphatic carbocycles. The predicted octanol–water partition coefficient (Wildman–Crippen LogP) is 4.87. The number of phenolic OH excluding ortho intramolecular Hbond substituents is 3. The van der Waals surface area contributed by atoms with Crippen LogP contribution in [-0.2, 0) is 17.6 Å². The molecule has 1 heterocycles. The van der Waals surface area contributed by atoms with E-state index in [1.807, 2.05) is 18.2 Å². The van der Waals surface area contributed by atoms with Crippen molar-refractivity contribution in [1.82, 2.24) is 0 Å². The molecule has 0 amide bonds. The lowest BCUT2D eigenvalue weighted by Gasteiger charge is -2.41. The Labute approximate surface area is 195 Å². The molecule has 4 atom stereocenters. The van der Waals surface area contributed by atoms with Crippen molar-refractivity contribution in [2.45, 2.75) is 64.3 Å². The van der Waals surface area contributed by atoms with Crippen LogP contribution in [0.25, 0.3) is 6.08 Å². The average molecular weight is 455 g/mol. The van der Waals surface area contributed by atoms with Crippen molar-refractivity contribution in [3.05, 3.63) is 52.6 Å². The zero-order valence-corrected chi connectivity index (χ0v) is 19.5. The number of rotatable bonds is 7. The van der Waals surface area contributed by atoms with Crippen molar-refractivity contribution in [3.63, 3.8) is 0 Å². The van der Waals surface area contributed by atoms with E-state index in [2.05, 4.69) is 19.9 Å². The van der Waals surface area contributed by atoms with Gasteiger partial charge in [-0.05, 0) is 60.4 Å². The lowest BCUT2D eigenvalue weighted by Crippen LogP contribution is -2.40. The summed E-state index contributed by atoms with van der Waals surface area (Å²) in [5, 5.41) is 41.4. The van der Waals surface area contributed by atoms with Gasteiger partial charge in [-0.15, -0.1) is 0 Å². The van der Waals surface area contributed by atoms with Gasteiger partial charge in [-0.3, -0.25) is 0 Å². The lowest BCUT2D eigenvalue weighted by molar-refractivity contribution is -0.127. The molecular weight excluding hydrogens is 420 g/mol. The van der Waals surface area contributed by atoms with Crippen LogP contribution >= 0.6 is 0 Å². The van der Waals surface area contributed by atoms with Crippen molar-refractivity contribution in [3.8, 4) is 23.0 Å².